The first-order valence-electron chi connectivity index (χ1n) is 9.63. The van der Waals surface area contributed by atoms with E-state index in [0.29, 0.717) is 5.41 Å². The van der Waals surface area contributed by atoms with Crippen molar-refractivity contribution in [3.63, 3.8) is 0 Å². The lowest BCUT2D eigenvalue weighted by molar-refractivity contribution is -0.139. The van der Waals surface area contributed by atoms with Crippen LogP contribution in [0, 0.1) is 16.7 Å². The zero-order chi connectivity index (χ0) is 17.4. The van der Waals surface area contributed by atoms with Crippen molar-refractivity contribution in [2.24, 2.45) is 16.7 Å². The summed E-state index contributed by atoms with van der Waals surface area (Å²) in [6, 6.07) is 11.0. The van der Waals surface area contributed by atoms with Gasteiger partial charge in [0.2, 0.25) is 0 Å². The van der Waals surface area contributed by atoms with Crippen LogP contribution in [-0.4, -0.2) is 37.7 Å². The Labute approximate surface area is 148 Å². The summed E-state index contributed by atoms with van der Waals surface area (Å²) in [5.41, 5.74) is 2.09. The average Bonchev–Trinajstić information content (AvgIpc) is 2.85. The van der Waals surface area contributed by atoms with Crippen molar-refractivity contribution in [3.05, 3.63) is 35.9 Å². The van der Waals surface area contributed by atoms with E-state index in [1.807, 2.05) is 0 Å². The summed E-state index contributed by atoms with van der Waals surface area (Å²) in [5, 5.41) is 0. The van der Waals surface area contributed by atoms with Crippen LogP contribution in [-0.2, 0) is 11.2 Å². The molecule has 0 aromatic heterocycles. The molecule has 2 saturated carbocycles. The molecule has 134 valence electrons. The van der Waals surface area contributed by atoms with Gasteiger partial charge in [0.05, 0.1) is 5.60 Å². The average molecular weight is 330 g/mol. The van der Waals surface area contributed by atoms with Crippen molar-refractivity contribution in [1.82, 2.24) is 4.90 Å². The molecule has 1 aromatic rings. The number of hydrogen-bond donors (Lipinski definition) is 0. The largest absolute Gasteiger partial charge is 0.374 e. The van der Waals surface area contributed by atoms with E-state index in [9.17, 15) is 0 Å². The van der Waals surface area contributed by atoms with Gasteiger partial charge in [-0.3, -0.25) is 0 Å². The Hall–Kier alpha value is -0.860. The Balaban J connectivity index is 1.83. The zero-order valence-electron chi connectivity index (χ0n) is 16.3. The first kappa shape index (κ1) is 17.9. The maximum absolute atomic E-state index is 6.79. The molecule has 2 fully saturated rings. The molecule has 2 bridgehead atoms. The highest BCUT2D eigenvalue weighted by Gasteiger charge is 2.69. The monoisotopic (exact) mass is 329 g/mol. The predicted molar refractivity (Wildman–Crippen MR) is 101 cm³/mol. The van der Waals surface area contributed by atoms with Crippen molar-refractivity contribution in [3.8, 4) is 0 Å². The van der Waals surface area contributed by atoms with E-state index in [1.54, 1.807) is 0 Å². The third-order valence-electron chi connectivity index (χ3n) is 7.48. The number of hydrogen-bond acceptors (Lipinski definition) is 2. The molecule has 3 rings (SSSR count). The second-order valence-corrected chi connectivity index (χ2v) is 9.16. The minimum atomic E-state index is 0.00703. The normalized spacial score (nSPS) is 34.2. The van der Waals surface area contributed by atoms with Crippen LogP contribution in [0.3, 0.4) is 0 Å². The topological polar surface area (TPSA) is 12.5 Å². The van der Waals surface area contributed by atoms with Gasteiger partial charge in [0.25, 0.3) is 0 Å². The van der Waals surface area contributed by atoms with Crippen molar-refractivity contribution < 1.29 is 4.74 Å². The lowest BCUT2D eigenvalue weighted by atomic mass is 9.62. The van der Waals surface area contributed by atoms with E-state index in [4.69, 9.17) is 4.74 Å². The lowest BCUT2D eigenvalue weighted by Crippen LogP contribution is -2.51. The molecule has 0 spiro atoms. The van der Waals surface area contributed by atoms with E-state index >= 15 is 0 Å². The van der Waals surface area contributed by atoms with Crippen LogP contribution in [0.5, 0.6) is 0 Å². The highest BCUT2D eigenvalue weighted by atomic mass is 16.5. The van der Waals surface area contributed by atoms with Crippen LogP contribution < -0.4 is 0 Å². The molecule has 0 radical (unpaired) electrons. The highest BCUT2D eigenvalue weighted by Crippen LogP contribution is 2.71. The third-order valence-corrected chi connectivity index (χ3v) is 7.48. The second kappa shape index (κ2) is 6.46. The van der Waals surface area contributed by atoms with Gasteiger partial charge in [0.15, 0.2) is 0 Å². The lowest BCUT2D eigenvalue weighted by Gasteiger charge is -2.49. The molecular weight excluding hydrogens is 294 g/mol. The number of benzene rings is 1. The molecule has 24 heavy (non-hydrogen) atoms. The highest BCUT2D eigenvalue weighted by molar-refractivity contribution is 5.25. The molecule has 0 N–H and O–H groups in total. The quantitative estimate of drug-likeness (QED) is 0.667. The summed E-state index contributed by atoms with van der Waals surface area (Å²) in [4.78, 5) is 2.25. The second-order valence-electron chi connectivity index (χ2n) is 9.16. The van der Waals surface area contributed by atoms with Gasteiger partial charge in [0.1, 0.15) is 0 Å². The third kappa shape index (κ3) is 2.82. The number of fused-ring (bicyclic) bond motifs is 2. The molecule has 1 aromatic carbocycles. The Kier molecular flexibility index (Phi) is 4.83. The van der Waals surface area contributed by atoms with E-state index < -0.39 is 0 Å². The molecule has 2 aliphatic rings. The number of nitrogens with zero attached hydrogens (tertiary/aromatic N) is 1. The van der Waals surface area contributed by atoms with Gasteiger partial charge in [-0.1, -0.05) is 51.1 Å². The van der Waals surface area contributed by atoms with Crippen molar-refractivity contribution in [2.75, 3.05) is 27.2 Å². The van der Waals surface area contributed by atoms with E-state index in [0.717, 1.165) is 31.9 Å². The molecule has 3 atom stereocenters. The Morgan fingerprint density at radius 1 is 1.12 bits per heavy atom. The van der Waals surface area contributed by atoms with Gasteiger partial charge < -0.3 is 9.64 Å². The van der Waals surface area contributed by atoms with Gasteiger partial charge in [0, 0.05) is 18.4 Å². The van der Waals surface area contributed by atoms with Crippen LogP contribution in [0.1, 0.15) is 52.0 Å². The summed E-state index contributed by atoms with van der Waals surface area (Å²) >= 11 is 0. The van der Waals surface area contributed by atoms with Gasteiger partial charge in [-0.25, -0.2) is 0 Å². The maximum atomic E-state index is 6.79. The summed E-state index contributed by atoms with van der Waals surface area (Å²) in [7, 11) is 4.28. The maximum Gasteiger partial charge on any atom is 0.0783 e. The van der Waals surface area contributed by atoms with Crippen molar-refractivity contribution in [2.45, 2.75) is 58.5 Å². The molecule has 0 heterocycles. The van der Waals surface area contributed by atoms with Gasteiger partial charge in [-0.15, -0.1) is 0 Å². The molecule has 3 unspecified atom stereocenters. The van der Waals surface area contributed by atoms with Crippen LogP contribution in [0.25, 0.3) is 0 Å². The van der Waals surface area contributed by atoms with E-state index in [1.165, 1.54) is 24.8 Å². The Morgan fingerprint density at radius 2 is 1.83 bits per heavy atom. The van der Waals surface area contributed by atoms with Crippen molar-refractivity contribution in [1.29, 1.82) is 0 Å². The molecule has 2 heteroatoms. The fraction of sp³-hybridized carbons (Fsp3) is 0.727. The Bertz CT molecular complexity index is 552. The number of ether oxygens (including phenoxy) is 1. The van der Waals surface area contributed by atoms with Crippen LogP contribution in [0.4, 0.5) is 0 Å². The molecule has 2 nitrogen and oxygen atoms in total. The smallest absolute Gasteiger partial charge is 0.0783 e. The zero-order valence-corrected chi connectivity index (χ0v) is 16.3. The van der Waals surface area contributed by atoms with Crippen LogP contribution >= 0.6 is 0 Å². The van der Waals surface area contributed by atoms with E-state index in [-0.39, 0.29) is 11.0 Å². The van der Waals surface area contributed by atoms with Crippen LogP contribution in [0.15, 0.2) is 30.3 Å². The summed E-state index contributed by atoms with van der Waals surface area (Å²) < 4.78 is 6.79. The SMILES string of the molecule is CN(C)CCCOC1(Cc2ccccc2)CC2CCC1(C)C2(C)C. The molecule has 2 aliphatic carbocycles. The summed E-state index contributed by atoms with van der Waals surface area (Å²) in [6.45, 7) is 9.46. The minimum absolute atomic E-state index is 0.00703. The van der Waals surface area contributed by atoms with Crippen molar-refractivity contribution >= 4 is 0 Å². The molecular formula is C22H35NO. The van der Waals surface area contributed by atoms with Crippen LogP contribution in [0.2, 0.25) is 0 Å². The minimum Gasteiger partial charge on any atom is -0.374 e. The van der Waals surface area contributed by atoms with E-state index in [2.05, 4.69) is 70.1 Å². The molecule has 0 saturated heterocycles. The van der Waals surface area contributed by atoms with Gasteiger partial charge in [-0.2, -0.15) is 0 Å². The predicted octanol–water partition coefficient (Wildman–Crippen LogP) is 4.78. The Morgan fingerprint density at radius 3 is 2.38 bits per heavy atom. The molecule has 0 aliphatic heterocycles. The summed E-state index contributed by atoms with van der Waals surface area (Å²) in [6.07, 6.45) is 6.09. The summed E-state index contributed by atoms with van der Waals surface area (Å²) in [5.74, 6) is 0.806. The standard InChI is InChI=1S/C22H35NO/c1-20(2)19-12-13-21(20,3)22(17-19,24-15-9-14-23(4)5)16-18-10-7-6-8-11-18/h6-8,10-11,19H,9,12-17H2,1-5H3. The van der Waals surface area contributed by atoms with Gasteiger partial charge >= 0.3 is 0 Å². The van der Waals surface area contributed by atoms with Gasteiger partial charge in [-0.05, 0) is 63.2 Å². The number of rotatable bonds is 7. The first-order valence-corrected chi connectivity index (χ1v) is 9.63. The first-order chi connectivity index (χ1) is 11.3. The molecule has 0 amide bonds. The fourth-order valence-electron chi connectivity index (χ4n) is 5.50. The fourth-order valence-corrected chi connectivity index (χ4v) is 5.50.